The molecule has 1 atom stereocenters. The van der Waals surface area contributed by atoms with E-state index in [1.165, 1.54) is 0 Å². The van der Waals surface area contributed by atoms with Gasteiger partial charge in [0.15, 0.2) is 0 Å². The Morgan fingerprint density at radius 3 is 2.65 bits per heavy atom. The van der Waals surface area contributed by atoms with Crippen LogP contribution in [0.1, 0.15) is 37.1 Å². The Labute approximate surface area is 102 Å². The van der Waals surface area contributed by atoms with Crippen molar-refractivity contribution in [3.8, 4) is 6.07 Å². The zero-order valence-electron chi connectivity index (χ0n) is 10.8. The van der Waals surface area contributed by atoms with E-state index in [2.05, 4.69) is 16.4 Å². The van der Waals surface area contributed by atoms with Gasteiger partial charge >= 0.3 is 0 Å². The Balaban J connectivity index is 3.19. The number of anilines is 1. The highest BCUT2D eigenvalue weighted by atomic mass is 16.3. The third-order valence-corrected chi connectivity index (χ3v) is 3.01. The van der Waals surface area contributed by atoms with Crippen LogP contribution >= 0.6 is 0 Å². The number of aliphatic hydroxyl groups excluding tert-OH is 1. The third-order valence-electron chi connectivity index (χ3n) is 3.01. The number of pyridine rings is 1. The van der Waals surface area contributed by atoms with E-state index < -0.39 is 5.54 Å². The molecule has 1 unspecified atom stereocenters. The molecule has 0 saturated carbocycles. The van der Waals surface area contributed by atoms with Gasteiger partial charge in [-0.3, -0.25) is 0 Å². The van der Waals surface area contributed by atoms with Crippen LogP contribution < -0.4 is 5.32 Å². The molecule has 0 aliphatic heterocycles. The highest BCUT2D eigenvalue weighted by molar-refractivity contribution is 5.57. The van der Waals surface area contributed by atoms with Crippen molar-refractivity contribution >= 4 is 5.82 Å². The Bertz CT molecular complexity index is 445. The minimum Gasteiger partial charge on any atom is -0.394 e. The van der Waals surface area contributed by atoms with Crippen LogP contribution in [-0.2, 0) is 0 Å². The first-order valence-electron chi connectivity index (χ1n) is 5.73. The van der Waals surface area contributed by atoms with Crippen LogP contribution in [0, 0.1) is 25.2 Å². The summed E-state index contributed by atoms with van der Waals surface area (Å²) in [5.74, 6) is 0.559. The number of aryl methyl sites for hydroxylation is 2. The van der Waals surface area contributed by atoms with Gasteiger partial charge in [0.05, 0.1) is 17.7 Å². The maximum atomic E-state index is 9.38. The van der Waals surface area contributed by atoms with Crippen molar-refractivity contribution in [3.05, 3.63) is 22.9 Å². The number of nitrogens with zero attached hydrogens (tertiary/aromatic N) is 2. The predicted octanol–water partition coefficient (Wildman–Crippen LogP) is 2.14. The fourth-order valence-electron chi connectivity index (χ4n) is 1.59. The van der Waals surface area contributed by atoms with E-state index in [1.54, 1.807) is 0 Å². The van der Waals surface area contributed by atoms with Crippen molar-refractivity contribution < 1.29 is 5.11 Å². The highest BCUT2D eigenvalue weighted by Crippen LogP contribution is 2.22. The molecule has 0 bridgehead atoms. The number of nitriles is 1. The van der Waals surface area contributed by atoms with Gasteiger partial charge in [0.2, 0.25) is 0 Å². The molecule has 0 radical (unpaired) electrons. The summed E-state index contributed by atoms with van der Waals surface area (Å²) in [7, 11) is 0. The van der Waals surface area contributed by atoms with Crippen LogP contribution in [0.25, 0.3) is 0 Å². The molecule has 0 saturated heterocycles. The largest absolute Gasteiger partial charge is 0.394 e. The average molecular weight is 233 g/mol. The molecular weight excluding hydrogens is 214 g/mol. The van der Waals surface area contributed by atoms with Gasteiger partial charge in [-0.15, -0.1) is 0 Å². The maximum Gasteiger partial charge on any atom is 0.144 e. The summed E-state index contributed by atoms with van der Waals surface area (Å²) in [6.45, 7) is 7.68. The van der Waals surface area contributed by atoms with Crippen molar-refractivity contribution in [2.75, 3.05) is 11.9 Å². The lowest BCUT2D eigenvalue weighted by Gasteiger charge is -2.28. The molecule has 1 aromatic heterocycles. The lowest BCUT2D eigenvalue weighted by molar-refractivity contribution is 0.218. The van der Waals surface area contributed by atoms with E-state index in [1.807, 2.05) is 33.8 Å². The highest BCUT2D eigenvalue weighted by Gasteiger charge is 2.23. The molecule has 92 valence electrons. The van der Waals surface area contributed by atoms with Gasteiger partial charge in [-0.1, -0.05) is 6.92 Å². The van der Waals surface area contributed by atoms with E-state index in [-0.39, 0.29) is 6.61 Å². The maximum absolute atomic E-state index is 9.38. The first kappa shape index (κ1) is 13.5. The van der Waals surface area contributed by atoms with Gasteiger partial charge in [0.1, 0.15) is 11.9 Å². The minimum absolute atomic E-state index is 0.00301. The van der Waals surface area contributed by atoms with Crippen molar-refractivity contribution in [1.29, 1.82) is 5.26 Å². The number of aromatic nitrogens is 1. The van der Waals surface area contributed by atoms with Crippen LogP contribution in [0.2, 0.25) is 0 Å². The first-order valence-corrected chi connectivity index (χ1v) is 5.73. The number of aliphatic hydroxyl groups is 1. The lowest BCUT2D eigenvalue weighted by Crippen LogP contribution is -2.38. The summed E-state index contributed by atoms with van der Waals surface area (Å²) >= 11 is 0. The van der Waals surface area contributed by atoms with Crippen molar-refractivity contribution in [1.82, 2.24) is 4.98 Å². The van der Waals surface area contributed by atoms with Gasteiger partial charge in [-0.2, -0.15) is 5.26 Å². The molecule has 17 heavy (non-hydrogen) atoms. The summed E-state index contributed by atoms with van der Waals surface area (Å²) in [6, 6.07) is 4.04. The van der Waals surface area contributed by atoms with E-state index >= 15 is 0 Å². The van der Waals surface area contributed by atoms with Gasteiger partial charge in [0, 0.05) is 5.69 Å². The van der Waals surface area contributed by atoms with E-state index in [0.29, 0.717) is 11.4 Å². The molecule has 0 aromatic carbocycles. The number of nitrogens with one attached hydrogen (secondary N) is 1. The number of rotatable bonds is 4. The zero-order chi connectivity index (χ0) is 13.1. The Morgan fingerprint density at radius 1 is 1.53 bits per heavy atom. The second-order valence-electron chi connectivity index (χ2n) is 4.61. The quantitative estimate of drug-likeness (QED) is 0.836. The summed E-state index contributed by atoms with van der Waals surface area (Å²) in [5, 5.41) is 21.7. The van der Waals surface area contributed by atoms with Gasteiger partial charge in [0.25, 0.3) is 0 Å². The van der Waals surface area contributed by atoms with Crippen LogP contribution in [0.5, 0.6) is 0 Å². The Morgan fingerprint density at radius 2 is 2.18 bits per heavy atom. The fourth-order valence-corrected chi connectivity index (χ4v) is 1.59. The normalized spacial score (nSPS) is 13.9. The van der Waals surface area contributed by atoms with E-state index in [9.17, 15) is 5.11 Å². The molecule has 4 nitrogen and oxygen atoms in total. The molecule has 0 spiro atoms. The van der Waals surface area contributed by atoms with E-state index in [4.69, 9.17) is 5.26 Å². The summed E-state index contributed by atoms with van der Waals surface area (Å²) in [5.41, 5.74) is 1.86. The molecule has 0 amide bonds. The third kappa shape index (κ3) is 2.95. The van der Waals surface area contributed by atoms with Gasteiger partial charge in [-0.25, -0.2) is 4.98 Å². The first-order chi connectivity index (χ1) is 7.95. The fraction of sp³-hybridized carbons (Fsp3) is 0.538. The molecule has 4 heteroatoms. The average Bonchev–Trinajstić information content (AvgIpc) is 2.28. The smallest absolute Gasteiger partial charge is 0.144 e. The number of hydrogen-bond acceptors (Lipinski definition) is 4. The second kappa shape index (κ2) is 5.15. The molecule has 1 rings (SSSR count). The molecule has 0 aliphatic rings. The summed E-state index contributed by atoms with van der Waals surface area (Å²) in [6.07, 6.45) is 0.753. The van der Waals surface area contributed by atoms with Gasteiger partial charge in [-0.05, 0) is 38.8 Å². The molecule has 2 N–H and O–H groups in total. The van der Waals surface area contributed by atoms with Crippen LogP contribution in [0.4, 0.5) is 5.82 Å². The molecular formula is C13H19N3O. The molecule has 1 aromatic rings. The topological polar surface area (TPSA) is 68.9 Å². The SMILES string of the molecule is CCC(C)(CO)Nc1nc(C)cc(C)c1C#N. The van der Waals surface area contributed by atoms with Crippen molar-refractivity contribution in [2.45, 2.75) is 39.7 Å². The lowest BCUT2D eigenvalue weighted by atomic mass is 9.99. The zero-order valence-corrected chi connectivity index (χ0v) is 10.8. The Kier molecular flexibility index (Phi) is 4.08. The number of hydrogen-bond donors (Lipinski definition) is 2. The monoisotopic (exact) mass is 233 g/mol. The molecule has 1 heterocycles. The standard InChI is InChI=1S/C13H19N3O/c1-5-13(4,8-17)16-12-11(7-14)9(2)6-10(3)15-12/h6,17H,5,8H2,1-4H3,(H,15,16). The van der Waals surface area contributed by atoms with Gasteiger partial charge < -0.3 is 10.4 Å². The molecule has 0 aliphatic carbocycles. The van der Waals surface area contributed by atoms with Crippen molar-refractivity contribution in [3.63, 3.8) is 0 Å². The molecule has 0 fully saturated rings. The van der Waals surface area contributed by atoms with Crippen LogP contribution in [-0.4, -0.2) is 22.2 Å². The van der Waals surface area contributed by atoms with Crippen molar-refractivity contribution in [2.24, 2.45) is 0 Å². The van der Waals surface area contributed by atoms with Crippen LogP contribution in [0.3, 0.4) is 0 Å². The van der Waals surface area contributed by atoms with E-state index in [0.717, 1.165) is 17.7 Å². The Hall–Kier alpha value is -1.60. The minimum atomic E-state index is -0.446. The summed E-state index contributed by atoms with van der Waals surface area (Å²) < 4.78 is 0. The van der Waals surface area contributed by atoms with Crippen LogP contribution in [0.15, 0.2) is 6.07 Å². The second-order valence-corrected chi connectivity index (χ2v) is 4.61. The predicted molar refractivity (Wildman–Crippen MR) is 67.8 cm³/mol. The summed E-state index contributed by atoms with van der Waals surface area (Å²) in [4.78, 5) is 4.34.